The Morgan fingerprint density at radius 3 is 2.95 bits per heavy atom. The Morgan fingerprint density at radius 1 is 1.47 bits per heavy atom. The fourth-order valence-corrected chi connectivity index (χ4v) is 2.74. The number of rotatable bonds is 8. The van der Waals surface area contributed by atoms with E-state index in [0.717, 1.165) is 12.6 Å². The topological polar surface area (TPSA) is 61.8 Å². The van der Waals surface area contributed by atoms with Crippen molar-refractivity contribution < 1.29 is 14.6 Å². The van der Waals surface area contributed by atoms with Crippen molar-refractivity contribution in [3.8, 4) is 0 Å². The maximum atomic E-state index is 11.2. The van der Waals surface area contributed by atoms with Gasteiger partial charge in [0, 0.05) is 19.1 Å². The Hall–Kier alpha value is -0.650. The second-order valence-corrected chi connectivity index (χ2v) is 5.70. The van der Waals surface area contributed by atoms with Crippen LogP contribution in [0.1, 0.15) is 32.6 Å². The monoisotopic (exact) mass is 270 g/mol. The molecule has 5 heteroatoms. The molecule has 1 saturated heterocycles. The number of aliphatic hydroxyl groups excluding tert-OH is 1. The predicted molar refractivity (Wildman–Crippen MR) is 72.8 cm³/mol. The van der Waals surface area contributed by atoms with Gasteiger partial charge in [0.1, 0.15) is 0 Å². The Balaban J connectivity index is 1.52. The lowest BCUT2D eigenvalue weighted by molar-refractivity contribution is -0.145. The molecule has 2 fully saturated rings. The van der Waals surface area contributed by atoms with Crippen molar-refractivity contribution in [1.29, 1.82) is 0 Å². The molecule has 1 saturated carbocycles. The quantitative estimate of drug-likeness (QED) is 0.624. The molecule has 2 N–H and O–H groups in total. The number of carbonyl (C=O) groups is 1. The number of hydrogen-bond acceptors (Lipinski definition) is 5. The average Bonchev–Trinajstić information content (AvgIpc) is 3.10. The highest BCUT2D eigenvalue weighted by molar-refractivity contribution is 5.69. The van der Waals surface area contributed by atoms with Crippen LogP contribution in [0, 0.1) is 5.92 Å². The van der Waals surface area contributed by atoms with E-state index in [1.165, 1.54) is 32.4 Å². The number of nitrogens with zero attached hydrogens (tertiary/aromatic N) is 1. The van der Waals surface area contributed by atoms with Gasteiger partial charge >= 0.3 is 5.97 Å². The van der Waals surface area contributed by atoms with Crippen molar-refractivity contribution in [2.75, 3.05) is 32.8 Å². The molecular formula is C14H26N2O3. The van der Waals surface area contributed by atoms with Crippen molar-refractivity contribution in [1.82, 2.24) is 10.2 Å². The van der Waals surface area contributed by atoms with Crippen LogP contribution in [-0.4, -0.2) is 60.9 Å². The molecule has 2 aliphatic rings. The lowest BCUT2D eigenvalue weighted by Gasteiger charge is -2.16. The molecule has 2 unspecified atom stereocenters. The molecular weight excluding hydrogens is 244 g/mol. The molecule has 19 heavy (non-hydrogen) atoms. The van der Waals surface area contributed by atoms with Gasteiger partial charge in [-0.05, 0) is 45.2 Å². The van der Waals surface area contributed by atoms with Gasteiger partial charge in [0.2, 0.25) is 0 Å². The number of hydrogen-bond donors (Lipinski definition) is 2. The van der Waals surface area contributed by atoms with Gasteiger partial charge in [-0.15, -0.1) is 0 Å². The summed E-state index contributed by atoms with van der Waals surface area (Å²) in [6.45, 7) is 5.96. The van der Waals surface area contributed by atoms with Gasteiger partial charge in [0.05, 0.1) is 19.1 Å². The number of aliphatic hydroxyl groups is 1. The summed E-state index contributed by atoms with van der Waals surface area (Å²) >= 11 is 0. The number of esters is 1. The van der Waals surface area contributed by atoms with E-state index in [-0.39, 0.29) is 12.4 Å². The van der Waals surface area contributed by atoms with E-state index in [2.05, 4.69) is 10.2 Å². The summed E-state index contributed by atoms with van der Waals surface area (Å²) in [5, 5.41) is 13.0. The van der Waals surface area contributed by atoms with E-state index in [0.29, 0.717) is 19.1 Å². The van der Waals surface area contributed by atoms with Crippen LogP contribution in [0.25, 0.3) is 0 Å². The van der Waals surface area contributed by atoms with E-state index >= 15 is 0 Å². The van der Waals surface area contributed by atoms with Crippen LogP contribution in [0.2, 0.25) is 0 Å². The van der Waals surface area contributed by atoms with Crippen LogP contribution in [0.3, 0.4) is 0 Å². The van der Waals surface area contributed by atoms with E-state index in [1.54, 1.807) is 6.92 Å². The maximum absolute atomic E-state index is 11.2. The van der Waals surface area contributed by atoms with Gasteiger partial charge in [-0.25, -0.2) is 0 Å². The highest BCUT2D eigenvalue weighted by Crippen LogP contribution is 2.31. The average molecular weight is 270 g/mol. The third-order valence-corrected chi connectivity index (χ3v) is 3.90. The molecule has 1 heterocycles. The second kappa shape index (κ2) is 7.22. The molecule has 0 radical (unpaired) electrons. The van der Waals surface area contributed by atoms with Gasteiger partial charge in [0.25, 0.3) is 0 Å². The first-order chi connectivity index (χ1) is 9.19. The Kier molecular flexibility index (Phi) is 5.60. The maximum Gasteiger partial charge on any atom is 0.308 e. The fraction of sp³-hybridized carbons (Fsp3) is 0.929. The van der Waals surface area contributed by atoms with E-state index < -0.39 is 6.10 Å². The normalized spacial score (nSPS) is 25.5. The smallest absolute Gasteiger partial charge is 0.308 e. The molecule has 2 rings (SSSR count). The highest BCUT2D eigenvalue weighted by Gasteiger charge is 2.34. The fourth-order valence-electron chi connectivity index (χ4n) is 2.74. The van der Waals surface area contributed by atoms with Crippen molar-refractivity contribution in [3.63, 3.8) is 0 Å². The molecule has 0 spiro atoms. The summed E-state index contributed by atoms with van der Waals surface area (Å²) in [6, 6.07) is 0.861. The van der Waals surface area contributed by atoms with E-state index in [1.807, 2.05) is 0 Å². The molecule has 0 aromatic heterocycles. The van der Waals surface area contributed by atoms with Crippen LogP contribution in [0.15, 0.2) is 0 Å². The minimum Gasteiger partial charge on any atom is -0.466 e. The summed E-state index contributed by atoms with van der Waals surface area (Å²) in [5.74, 6) is 0.368. The number of ether oxygens (including phenoxy) is 1. The third kappa shape index (κ3) is 5.09. The van der Waals surface area contributed by atoms with Crippen molar-refractivity contribution >= 4 is 5.97 Å². The first kappa shape index (κ1) is 14.8. The number of carbonyl (C=O) groups excluding carboxylic acids is 1. The molecule has 1 aliphatic heterocycles. The standard InChI is InChI=1S/C14H26N2O3/c1-2-19-14(18)7-13(17)9-15-8-11-5-6-16(10-11)12-3-4-12/h11-13,15,17H,2-10H2,1H3. The van der Waals surface area contributed by atoms with Gasteiger partial charge in [-0.1, -0.05) is 0 Å². The van der Waals surface area contributed by atoms with Crippen molar-refractivity contribution in [2.24, 2.45) is 5.92 Å². The summed E-state index contributed by atoms with van der Waals surface area (Å²) < 4.78 is 4.81. The zero-order chi connectivity index (χ0) is 13.7. The largest absolute Gasteiger partial charge is 0.466 e. The van der Waals surface area contributed by atoms with Gasteiger partial charge in [-0.3, -0.25) is 4.79 Å². The molecule has 5 nitrogen and oxygen atoms in total. The molecule has 0 aromatic rings. The minimum absolute atomic E-state index is 0.0830. The third-order valence-electron chi connectivity index (χ3n) is 3.90. The van der Waals surface area contributed by atoms with Crippen LogP contribution >= 0.6 is 0 Å². The van der Waals surface area contributed by atoms with Gasteiger partial charge in [0.15, 0.2) is 0 Å². The van der Waals surface area contributed by atoms with Crippen LogP contribution in [0.4, 0.5) is 0 Å². The second-order valence-electron chi connectivity index (χ2n) is 5.70. The molecule has 110 valence electrons. The first-order valence-corrected chi connectivity index (χ1v) is 7.47. The molecule has 2 atom stereocenters. The number of likely N-dealkylation sites (tertiary alicyclic amines) is 1. The summed E-state index contributed by atoms with van der Waals surface area (Å²) in [6.07, 6.45) is 3.44. The molecule has 0 bridgehead atoms. The zero-order valence-electron chi connectivity index (χ0n) is 11.8. The summed E-state index contributed by atoms with van der Waals surface area (Å²) in [5.41, 5.74) is 0. The van der Waals surface area contributed by atoms with Crippen molar-refractivity contribution in [2.45, 2.75) is 44.8 Å². The number of nitrogens with one attached hydrogen (secondary N) is 1. The van der Waals surface area contributed by atoms with Crippen LogP contribution < -0.4 is 5.32 Å². The predicted octanol–water partition coefficient (Wildman–Crippen LogP) is 0.374. The Labute approximate surface area is 115 Å². The first-order valence-electron chi connectivity index (χ1n) is 7.47. The molecule has 0 aromatic carbocycles. The Morgan fingerprint density at radius 2 is 2.26 bits per heavy atom. The molecule has 0 amide bonds. The van der Waals surface area contributed by atoms with Crippen LogP contribution in [-0.2, 0) is 9.53 Å². The van der Waals surface area contributed by atoms with Gasteiger partial charge < -0.3 is 20.1 Å². The SMILES string of the molecule is CCOC(=O)CC(O)CNCC1CCN(C2CC2)C1. The zero-order valence-corrected chi connectivity index (χ0v) is 11.8. The van der Waals surface area contributed by atoms with Gasteiger partial charge in [-0.2, -0.15) is 0 Å². The molecule has 1 aliphatic carbocycles. The summed E-state index contributed by atoms with van der Waals surface area (Å²) in [4.78, 5) is 13.8. The van der Waals surface area contributed by atoms with Crippen molar-refractivity contribution in [3.05, 3.63) is 0 Å². The lowest BCUT2D eigenvalue weighted by atomic mass is 10.1. The minimum atomic E-state index is -0.639. The van der Waals surface area contributed by atoms with E-state index in [4.69, 9.17) is 4.74 Å². The van der Waals surface area contributed by atoms with E-state index in [9.17, 15) is 9.90 Å². The van der Waals surface area contributed by atoms with Crippen LogP contribution in [0.5, 0.6) is 0 Å². The Bertz CT molecular complexity index is 294. The summed E-state index contributed by atoms with van der Waals surface area (Å²) in [7, 11) is 0. The lowest BCUT2D eigenvalue weighted by Crippen LogP contribution is -2.33. The highest BCUT2D eigenvalue weighted by atomic mass is 16.5.